The van der Waals surface area contributed by atoms with E-state index in [1.165, 1.54) is 19.3 Å². The summed E-state index contributed by atoms with van der Waals surface area (Å²) in [6.07, 6.45) is 36.7. The van der Waals surface area contributed by atoms with E-state index in [0.29, 0.717) is 0 Å². The van der Waals surface area contributed by atoms with Gasteiger partial charge < -0.3 is 39.4 Å². The van der Waals surface area contributed by atoms with Gasteiger partial charge in [-0.15, -0.1) is 0 Å². The first-order chi connectivity index (χ1) is 27.3. The summed E-state index contributed by atoms with van der Waals surface area (Å²) >= 11 is 0. The van der Waals surface area contributed by atoms with Crippen LogP contribution in [0.3, 0.4) is 0 Å². The molecular formula is C46H78O10. The van der Waals surface area contributed by atoms with E-state index in [4.69, 9.17) is 18.9 Å². The van der Waals surface area contributed by atoms with Crippen LogP contribution in [0.4, 0.5) is 0 Å². The number of allylic oxidation sites excluding steroid dienone is 10. The molecular weight excluding hydrogens is 712 g/mol. The number of carbonyl (C=O) groups excluding carboxylic acids is 2. The predicted octanol–water partition coefficient (Wildman–Crippen LogP) is 8.91. The van der Waals surface area contributed by atoms with Gasteiger partial charge in [0.15, 0.2) is 6.29 Å². The molecule has 1 unspecified atom stereocenters. The van der Waals surface area contributed by atoms with Crippen molar-refractivity contribution in [2.24, 2.45) is 5.92 Å². The Labute approximate surface area is 339 Å². The normalized spacial score (nSPS) is 21.0. The van der Waals surface area contributed by atoms with Crippen molar-refractivity contribution in [3.05, 3.63) is 60.8 Å². The molecule has 0 spiro atoms. The molecule has 0 bridgehead atoms. The molecule has 0 aliphatic carbocycles. The Hall–Kier alpha value is -2.60. The number of rotatable bonds is 35. The Morgan fingerprint density at radius 1 is 0.536 bits per heavy atom. The molecule has 0 saturated carbocycles. The van der Waals surface area contributed by atoms with Crippen LogP contribution in [0.1, 0.15) is 155 Å². The second-order valence-electron chi connectivity index (χ2n) is 14.8. The highest BCUT2D eigenvalue weighted by molar-refractivity contribution is 5.69. The third-order valence-electron chi connectivity index (χ3n) is 9.65. The summed E-state index contributed by atoms with van der Waals surface area (Å²) in [5.74, 6) is -1.24. The monoisotopic (exact) mass is 791 g/mol. The summed E-state index contributed by atoms with van der Waals surface area (Å²) in [6, 6.07) is 0. The zero-order valence-electron chi connectivity index (χ0n) is 34.9. The molecule has 10 nitrogen and oxygen atoms in total. The zero-order valence-corrected chi connectivity index (χ0v) is 34.9. The van der Waals surface area contributed by atoms with Crippen LogP contribution in [0.5, 0.6) is 0 Å². The first-order valence-corrected chi connectivity index (χ1v) is 21.8. The van der Waals surface area contributed by atoms with Crippen LogP contribution in [0, 0.1) is 5.92 Å². The van der Waals surface area contributed by atoms with Crippen molar-refractivity contribution in [1.29, 1.82) is 0 Å². The van der Waals surface area contributed by atoms with Crippen LogP contribution >= 0.6 is 0 Å². The van der Waals surface area contributed by atoms with Crippen LogP contribution in [-0.4, -0.2) is 89.5 Å². The second kappa shape index (κ2) is 36.7. The van der Waals surface area contributed by atoms with Gasteiger partial charge in [-0.1, -0.05) is 113 Å². The van der Waals surface area contributed by atoms with Crippen molar-refractivity contribution in [3.63, 3.8) is 0 Å². The van der Waals surface area contributed by atoms with Crippen molar-refractivity contribution < 1.29 is 49.0 Å². The Morgan fingerprint density at radius 3 is 1.46 bits per heavy atom. The number of hydrogen-bond acceptors (Lipinski definition) is 10. The van der Waals surface area contributed by atoms with E-state index in [1.807, 2.05) is 0 Å². The summed E-state index contributed by atoms with van der Waals surface area (Å²) in [5, 5.41) is 40.1. The summed E-state index contributed by atoms with van der Waals surface area (Å²) in [4.78, 5) is 25.1. The summed E-state index contributed by atoms with van der Waals surface area (Å²) in [5.41, 5.74) is 0. The number of carbonyl (C=O) groups is 2. The first kappa shape index (κ1) is 51.4. The topological polar surface area (TPSA) is 152 Å². The second-order valence-corrected chi connectivity index (χ2v) is 14.8. The van der Waals surface area contributed by atoms with Gasteiger partial charge >= 0.3 is 11.9 Å². The van der Waals surface area contributed by atoms with Gasteiger partial charge in [-0.2, -0.15) is 0 Å². The van der Waals surface area contributed by atoms with Gasteiger partial charge in [0.1, 0.15) is 24.4 Å². The molecule has 1 fully saturated rings. The van der Waals surface area contributed by atoms with Crippen LogP contribution < -0.4 is 0 Å². The standard InChI is InChI=1S/C46H78O10/c1-3-5-7-9-11-13-15-17-19-21-23-25-27-29-31-33-41(48)53-36-39(38-55-46-45(52)44(51)43(50)40(35-47)56-46)37-54-42(49)34-32-30-28-26-24-22-20-18-16-14-12-10-8-6-4-2/h5-8,11,13,17-20,39-40,43-47,50-52H,3-4,9-10,12,14-16,21-38H2,1-2H3/b7-5-,8-6-,13-11-,19-17-,20-18-/t39?,40-,43-,44+,45-,46-/m1/s1. The predicted molar refractivity (Wildman–Crippen MR) is 224 cm³/mol. The molecule has 10 heteroatoms. The molecule has 4 N–H and O–H groups in total. The molecule has 0 aromatic carbocycles. The highest BCUT2D eigenvalue weighted by Gasteiger charge is 2.44. The lowest BCUT2D eigenvalue weighted by Gasteiger charge is -2.39. The minimum atomic E-state index is -1.58. The quantitative estimate of drug-likeness (QED) is 0.0278. The first-order valence-electron chi connectivity index (χ1n) is 21.8. The lowest BCUT2D eigenvalue weighted by atomic mass is 9.99. The third kappa shape index (κ3) is 27.9. The van der Waals surface area contributed by atoms with Crippen LogP contribution in [0.2, 0.25) is 0 Å². The molecule has 6 atom stereocenters. The fraction of sp³-hybridized carbons (Fsp3) is 0.739. The number of aliphatic hydroxyl groups excluding tert-OH is 4. The molecule has 1 heterocycles. The van der Waals surface area contributed by atoms with E-state index in [2.05, 4.69) is 74.6 Å². The van der Waals surface area contributed by atoms with Gasteiger partial charge in [-0.3, -0.25) is 9.59 Å². The Balaban J connectivity index is 2.36. The Morgan fingerprint density at radius 2 is 0.946 bits per heavy atom. The highest BCUT2D eigenvalue weighted by atomic mass is 16.7. The molecule has 0 aromatic rings. The lowest BCUT2D eigenvalue weighted by Crippen LogP contribution is -2.59. The van der Waals surface area contributed by atoms with E-state index >= 15 is 0 Å². The van der Waals surface area contributed by atoms with Gasteiger partial charge in [0, 0.05) is 12.8 Å². The van der Waals surface area contributed by atoms with Gasteiger partial charge in [0.05, 0.1) is 32.3 Å². The SMILES string of the molecule is CC/C=C\C/C=C\C/C=C\CCCCCCCC(=O)OCC(COC(=O)CCCCCCC/C=C\CCCC/C=C\CC)CO[C@@H]1O[C@H](CO)[C@@H](O)[C@H](O)[C@H]1O. The third-order valence-corrected chi connectivity index (χ3v) is 9.65. The molecule has 0 radical (unpaired) electrons. The molecule has 322 valence electrons. The van der Waals surface area contributed by atoms with Gasteiger partial charge in [0.25, 0.3) is 0 Å². The van der Waals surface area contributed by atoms with Gasteiger partial charge in [0.2, 0.25) is 0 Å². The maximum absolute atomic E-state index is 12.6. The lowest BCUT2D eigenvalue weighted by molar-refractivity contribution is -0.304. The Kier molecular flexibility index (Phi) is 33.7. The van der Waals surface area contributed by atoms with Gasteiger partial charge in [-0.25, -0.2) is 0 Å². The molecule has 0 aromatic heterocycles. The fourth-order valence-electron chi connectivity index (χ4n) is 6.14. The average Bonchev–Trinajstić information content (AvgIpc) is 3.20. The van der Waals surface area contributed by atoms with Crippen molar-refractivity contribution >= 4 is 11.9 Å². The fourth-order valence-corrected chi connectivity index (χ4v) is 6.14. The van der Waals surface area contributed by atoms with E-state index in [0.717, 1.165) is 109 Å². The largest absolute Gasteiger partial charge is 0.465 e. The highest BCUT2D eigenvalue weighted by Crippen LogP contribution is 2.23. The summed E-state index contributed by atoms with van der Waals surface area (Å²) < 4.78 is 22.2. The van der Waals surface area contributed by atoms with Crippen LogP contribution in [-0.2, 0) is 28.5 Å². The molecule has 56 heavy (non-hydrogen) atoms. The average molecular weight is 791 g/mol. The number of ether oxygens (including phenoxy) is 4. The van der Waals surface area contributed by atoms with E-state index in [-0.39, 0.29) is 44.6 Å². The minimum Gasteiger partial charge on any atom is -0.465 e. The number of aliphatic hydroxyl groups is 4. The molecule has 0 amide bonds. The zero-order chi connectivity index (χ0) is 40.9. The maximum atomic E-state index is 12.6. The molecule has 1 aliphatic rings. The minimum absolute atomic E-state index is 0.0631. The van der Waals surface area contributed by atoms with Crippen LogP contribution in [0.15, 0.2) is 60.8 Å². The number of unbranched alkanes of at least 4 members (excludes halogenated alkanes) is 13. The number of hydrogen-bond donors (Lipinski definition) is 4. The van der Waals surface area contributed by atoms with Crippen molar-refractivity contribution in [3.8, 4) is 0 Å². The summed E-state index contributed by atoms with van der Waals surface area (Å²) in [7, 11) is 0. The van der Waals surface area contributed by atoms with E-state index in [9.17, 15) is 30.0 Å². The maximum Gasteiger partial charge on any atom is 0.305 e. The van der Waals surface area contributed by atoms with Crippen molar-refractivity contribution in [2.75, 3.05) is 26.4 Å². The summed E-state index contributed by atoms with van der Waals surface area (Å²) in [6.45, 7) is 3.47. The number of esters is 2. The molecule has 1 rings (SSSR count). The van der Waals surface area contributed by atoms with Crippen molar-refractivity contribution in [1.82, 2.24) is 0 Å². The Bertz CT molecular complexity index is 1100. The molecule has 1 saturated heterocycles. The molecule has 1 aliphatic heterocycles. The van der Waals surface area contributed by atoms with Gasteiger partial charge in [-0.05, 0) is 89.9 Å². The van der Waals surface area contributed by atoms with E-state index < -0.39 is 43.2 Å². The smallest absolute Gasteiger partial charge is 0.305 e. The van der Waals surface area contributed by atoms with Crippen LogP contribution in [0.25, 0.3) is 0 Å². The van der Waals surface area contributed by atoms with E-state index in [1.54, 1.807) is 0 Å². The van der Waals surface area contributed by atoms with Crippen molar-refractivity contribution in [2.45, 2.75) is 186 Å².